The number of allylic oxidation sites excluding steroid dienone is 1. The first-order valence-electron chi connectivity index (χ1n) is 5.46. The molecular formula is C13H14ClN. The standard InChI is InChI=1S/C13H14ClN/c14-11-2-3-12-8-1-4-13(15)10(5-8)6-9(12)7-11/h1-4,7-8,10,13H,5-6,15H2/t8-,10+,13+/m0/s1. The summed E-state index contributed by atoms with van der Waals surface area (Å²) in [6, 6.07) is 6.48. The van der Waals surface area contributed by atoms with Gasteiger partial charge in [-0.2, -0.15) is 0 Å². The number of hydrogen-bond donors (Lipinski definition) is 1. The molecule has 15 heavy (non-hydrogen) atoms. The van der Waals surface area contributed by atoms with Gasteiger partial charge in [0.25, 0.3) is 0 Å². The molecule has 0 aliphatic heterocycles. The quantitative estimate of drug-likeness (QED) is 0.668. The molecule has 1 aromatic rings. The van der Waals surface area contributed by atoms with Gasteiger partial charge in [-0.25, -0.2) is 0 Å². The van der Waals surface area contributed by atoms with Crippen molar-refractivity contribution in [1.29, 1.82) is 0 Å². The number of fused-ring (bicyclic) bond motifs is 4. The number of hydrogen-bond acceptors (Lipinski definition) is 1. The second-order valence-electron chi connectivity index (χ2n) is 4.61. The van der Waals surface area contributed by atoms with Crippen LogP contribution in [0, 0.1) is 5.92 Å². The SMILES string of the molecule is N[C@@H]1C=C[C@H]2C[C@@H]1Cc1cc(Cl)ccc12. The number of halogens is 1. The van der Waals surface area contributed by atoms with Crippen LogP contribution in [-0.4, -0.2) is 6.04 Å². The third kappa shape index (κ3) is 1.51. The number of benzene rings is 1. The normalized spacial score (nSPS) is 32.5. The molecule has 3 rings (SSSR count). The van der Waals surface area contributed by atoms with Gasteiger partial charge in [-0.1, -0.05) is 29.8 Å². The summed E-state index contributed by atoms with van der Waals surface area (Å²) in [5, 5.41) is 0.839. The third-order valence-electron chi connectivity index (χ3n) is 3.65. The van der Waals surface area contributed by atoms with Crippen LogP contribution < -0.4 is 5.73 Å². The molecule has 2 aliphatic carbocycles. The van der Waals surface area contributed by atoms with Crippen LogP contribution in [0.4, 0.5) is 0 Å². The van der Waals surface area contributed by atoms with Gasteiger partial charge in [-0.15, -0.1) is 0 Å². The van der Waals surface area contributed by atoms with Crippen molar-refractivity contribution in [1.82, 2.24) is 0 Å². The maximum absolute atomic E-state index is 6.06. The van der Waals surface area contributed by atoms with Gasteiger partial charge in [0.15, 0.2) is 0 Å². The first-order valence-corrected chi connectivity index (χ1v) is 5.84. The summed E-state index contributed by atoms with van der Waals surface area (Å²) < 4.78 is 0. The fourth-order valence-electron chi connectivity index (χ4n) is 2.83. The summed E-state index contributed by atoms with van der Waals surface area (Å²) in [4.78, 5) is 0. The van der Waals surface area contributed by atoms with E-state index in [1.807, 2.05) is 6.07 Å². The number of rotatable bonds is 0. The van der Waals surface area contributed by atoms with Crippen LogP contribution in [0.2, 0.25) is 5.02 Å². The maximum Gasteiger partial charge on any atom is 0.0408 e. The first-order chi connectivity index (χ1) is 7.24. The van der Waals surface area contributed by atoms with Crippen molar-refractivity contribution in [2.24, 2.45) is 11.7 Å². The Balaban J connectivity index is 2.09. The highest BCUT2D eigenvalue weighted by atomic mass is 35.5. The van der Waals surface area contributed by atoms with Crippen molar-refractivity contribution in [3.05, 3.63) is 46.5 Å². The largest absolute Gasteiger partial charge is 0.324 e. The van der Waals surface area contributed by atoms with Gasteiger partial charge in [-0.3, -0.25) is 0 Å². The minimum absolute atomic E-state index is 0.230. The molecule has 78 valence electrons. The zero-order chi connectivity index (χ0) is 10.4. The molecule has 2 N–H and O–H groups in total. The van der Waals surface area contributed by atoms with E-state index in [4.69, 9.17) is 17.3 Å². The molecule has 0 amide bonds. The summed E-state index contributed by atoms with van der Waals surface area (Å²) in [6.07, 6.45) is 6.70. The molecule has 2 heteroatoms. The molecule has 0 aromatic heterocycles. The van der Waals surface area contributed by atoms with E-state index >= 15 is 0 Å². The predicted molar refractivity (Wildman–Crippen MR) is 63.1 cm³/mol. The van der Waals surface area contributed by atoms with Crippen molar-refractivity contribution in [2.75, 3.05) is 0 Å². The second-order valence-corrected chi connectivity index (χ2v) is 5.05. The Hall–Kier alpha value is -0.790. The molecule has 0 radical (unpaired) electrons. The van der Waals surface area contributed by atoms with E-state index in [0.29, 0.717) is 11.8 Å². The molecule has 0 saturated heterocycles. The second kappa shape index (κ2) is 3.36. The average molecular weight is 220 g/mol. The minimum atomic E-state index is 0.230. The van der Waals surface area contributed by atoms with Gasteiger partial charge in [-0.05, 0) is 42.0 Å². The van der Waals surface area contributed by atoms with Crippen LogP contribution in [-0.2, 0) is 6.42 Å². The Labute approximate surface area is 94.9 Å². The van der Waals surface area contributed by atoms with Gasteiger partial charge in [0.2, 0.25) is 0 Å². The van der Waals surface area contributed by atoms with Crippen LogP contribution in [0.1, 0.15) is 23.5 Å². The summed E-state index contributed by atoms with van der Waals surface area (Å²) in [6.45, 7) is 0. The highest BCUT2D eigenvalue weighted by molar-refractivity contribution is 6.30. The molecule has 0 fully saturated rings. The molecule has 1 nitrogen and oxygen atoms in total. The highest BCUT2D eigenvalue weighted by Crippen LogP contribution is 2.40. The first kappa shape index (κ1) is 9.44. The fraction of sp³-hybridized carbons (Fsp3) is 0.385. The molecule has 3 atom stereocenters. The summed E-state index contributed by atoms with van der Waals surface area (Å²) >= 11 is 6.02. The summed E-state index contributed by atoms with van der Waals surface area (Å²) in [5.41, 5.74) is 8.90. The van der Waals surface area contributed by atoms with E-state index in [-0.39, 0.29) is 6.04 Å². The zero-order valence-electron chi connectivity index (χ0n) is 8.49. The van der Waals surface area contributed by atoms with Gasteiger partial charge in [0, 0.05) is 17.0 Å². The predicted octanol–water partition coefficient (Wildman–Crippen LogP) is 2.88. The van der Waals surface area contributed by atoms with Crippen molar-refractivity contribution in [3.8, 4) is 0 Å². The van der Waals surface area contributed by atoms with E-state index in [1.54, 1.807) is 0 Å². The lowest BCUT2D eigenvalue weighted by atomic mass is 9.71. The van der Waals surface area contributed by atoms with Crippen LogP contribution in [0.25, 0.3) is 0 Å². The maximum atomic E-state index is 6.06. The molecule has 2 aliphatic rings. The lowest BCUT2D eigenvalue weighted by Crippen LogP contribution is -2.36. The Morgan fingerprint density at radius 1 is 1.27 bits per heavy atom. The summed E-state index contributed by atoms with van der Waals surface area (Å²) in [5.74, 6) is 1.17. The molecular weight excluding hydrogens is 206 g/mol. The van der Waals surface area contributed by atoms with E-state index in [0.717, 1.165) is 11.4 Å². The fourth-order valence-corrected chi connectivity index (χ4v) is 3.02. The molecule has 0 spiro atoms. The number of nitrogens with two attached hydrogens (primary N) is 1. The van der Waals surface area contributed by atoms with E-state index < -0.39 is 0 Å². The molecule has 0 unspecified atom stereocenters. The highest BCUT2D eigenvalue weighted by Gasteiger charge is 2.31. The molecule has 0 saturated carbocycles. The van der Waals surface area contributed by atoms with Crippen LogP contribution >= 0.6 is 11.6 Å². The van der Waals surface area contributed by atoms with Gasteiger partial charge in [0.05, 0.1) is 0 Å². The van der Waals surface area contributed by atoms with Crippen LogP contribution in [0.3, 0.4) is 0 Å². The minimum Gasteiger partial charge on any atom is -0.324 e. The van der Waals surface area contributed by atoms with E-state index in [2.05, 4.69) is 24.3 Å². The molecule has 0 heterocycles. The van der Waals surface area contributed by atoms with Crippen LogP contribution in [0.5, 0.6) is 0 Å². The Bertz CT molecular complexity index is 425. The third-order valence-corrected chi connectivity index (χ3v) is 3.89. The monoisotopic (exact) mass is 219 g/mol. The van der Waals surface area contributed by atoms with Crippen molar-refractivity contribution in [3.63, 3.8) is 0 Å². The molecule has 2 bridgehead atoms. The zero-order valence-corrected chi connectivity index (χ0v) is 9.24. The van der Waals surface area contributed by atoms with E-state index in [9.17, 15) is 0 Å². The lowest BCUT2D eigenvalue weighted by molar-refractivity contribution is 0.378. The van der Waals surface area contributed by atoms with Crippen molar-refractivity contribution < 1.29 is 0 Å². The topological polar surface area (TPSA) is 26.0 Å². The van der Waals surface area contributed by atoms with Gasteiger partial charge >= 0.3 is 0 Å². The van der Waals surface area contributed by atoms with Gasteiger partial charge < -0.3 is 5.73 Å². The van der Waals surface area contributed by atoms with Crippen molar-refractivity contribution in [2.45, 2.75) is 24.8 Å². The smallest absolute Gasteiger partial charge is 0.0408 e. The van der Waals surface area contributed by atoms with Crippen molar-refractivity contribution >= 4 is 11.6 Å². The average Bonchev–Trinajstić information content (AvgIpc) is 2.23. The van der Waals surface area contributed by atoms with Crippen LogP contribution in [0.15, 0.2) is 30.4 Å². The Kier molecular flexibility index (Phi) is 2.11. The Morgan fingerprint density at radius 3 is 3.00 bits per heavy atom. The summed E-state index contributed by atoms with van der Waals surface area (Å²) in [7, 11) is 0. The lowest BCUT2D eigenvalue weighted by Gasteiger charge is -2.36. The Morgan fingerprint density at radius 2 is 2.13 bits per heavy atom. The van der Waals surface area contributed by atoms with E-state index in [1.165, 1.54) is 17.5 Å². The molecule has 1 aromatic carbocycles. The van der Waals surface area contributed by atoms with Gasteiger partial charge in [0.1, 0.15) is 0 Å².